The average Bonchev–Trinajstić information content (AvgIpc) is 3.06. The van der Waals surface area contributed by atoms with Crippen LogP contribution in [0.15, 0.2) is 46.9 Å². The van der Waals surface area contributed by atoms with Gasteiger partial charge in [-0.15, -0.1) is 0 Å². The van der Waals surface area contributed by atoms with Crippen LogP contribution in [0.5, 0.6) is 11.5 Å². The van der Waals surface area contributed by atoms with Crippen LogP contribution in [0.1, 0.15) is 15.9 Å². The number of hydrogen-bond acceptors (Lipinski definition) is 4. The largest absolute Gasteiger partial charge is 0.506 e. The summed E-state index contributed by atoms with van der Waals surface area (Å²) < 4.78 is 5.80. The lowest BCUT2D eigenvalue weighted by atomic mass is 10.1. The monoisotopic (exact) mass is 401 g/mol. The zero-order chi connectivity index (χ0) is 18.0. The molecule has 25 heavy (non-hydrogen) atoms. The highest BCUT2D eigenvalue weighted by molar-refractivity contribution is 9.10. The first kappa shape index (κ1) is 17.0. The van der Waals surface area contributed by atoms with Crippen molar-refractivity contribution in [2.45, 2.75) is 6.92 Å². The standard InChI is InChI=1S/C18H16BrN3O3/c1-10-7-12(17(23)13(19)8-10)18(24)20-16-9-14(21-22-16)11-5-3-4-6-15(11)25-2/h3-9,23H,1-2H3,(H2,20,21,22,24). The first-order chi connectivity index (χ1) is 12.0. The Morgan fingerprint density at radius 3 is 2.80 bits per heavy atom. The highest BCUT2D eigenvalue weighted by Crippen LogP contribution is 2.31. The number of rotatable bonds is 4. The third-order valence-electron chi connectivity index (χ3n) is 3.67. The van der Waals surface area contributed by atoms with Crippen molar-refractivity contribution < 1.29 is 14.6 Å². The van der Waals surface area contributed by atoms with Gasteiger partial charge in [-0.3, -0.25) is 9.89 Å². The van der Waals surface area contributed by atoms with Crippen LogP contribution >= 0.6 is 15.9 Å². The number of phenolic OH excluding ortho intramolecular Hbond substituents is 1. The van der Waals surface area contributed by atoms with Gasteiger partial charge in [0.2, 0.25) is 0 Å². The summed E-state index contributed by atoms with van der Waals surface area (Å²) in [6.45, 7) is 1.84. The zero-order valence-corrected chi connectivity index (χ0v) is 15.2. The lowest BCUT2D eigenvalue weighted by Gasteiger charge is -2.07. The van der Waals surface area contributed by atoms with Gasteiger partial charge in [0.15, 0.2) is 5.82 Å². The van der Waals surface area contributed by atoms with Crippen LogP contribution in [0, 0.1) is 6.92 Å². The molecule has 128 valence electrons. The lowest BCUT2D eigenvalue weighted by molar-refractivity contribution is 0.102. The number of carbonyl (C=O) groups is 1. The molecule has 0 atom stereocenters. The maximum Gasteiger partial charge on any atom is 0.260 e. The van der Waals surface area contributed by atoms with E-state index >= 15 is 0 Å². The molecule has 7 heteroatoms. The molecular formula is C18H16BrN3O3. The fourth-order valence-electron chi connectivity index (χ4n) is 2.48. The predicted molar refractivity (Wildman–Crippen MR) is 99.1 cm³/mol. The Morgan fingerprint density at radius 1 is 1.28 bits per heavy atom. The molecule has 0 bridgehead atoms. The third kappa shape index (κ3) is 3.51. The fourth-order valence-corrected chi connectivity index (χ4v) is 3.06. The summed E-state index contributed by atoms with van der Waals surface area (Å²) >= 11 is 3.24. The number of methoxy groups -OCH3 is 1. The molecule has 1 aromatic heterocycles. The van der Waals surface area contributed by atoms with E-state index in [4.69, 9.17) is 4.74 Å². The smallest absolute Gasteiger partial charge is 0.260 e. The minimum Gasteiger partial charge on any atom is -0.506 e. The van der Waals surface area contributed by atoms with Crippen LogP contribution in [0.2, 0.25) is 0 Å². The van der Waals surface area contributed by atoms with E-state index in [0.29, 0.717) is 21.7 Å². The average molecular weight is 402 g/mol. The number of aromatic amines is 1. The summed E-state index contributed by atoms with van der Waals surface area (Å²) in [6, 6.07) is 12.6. The van der Waals surface area contributed by atoms with E-state index in [1.807, 2.05) is 31.2 Å². The van der Waals surface area contributed by atoms with Gasteiger partial charge >= 0.3 is 0 Å². The van der Waals surface area contributed by atoms with Gasteiger partial charge in [0.1, 0.15) is 11.5 Å². The summed E-state index contributed by atoms with van der Waals surface area (Å²) in [4.78, 5) is 12.4. The van der Waals surface area contributed by atoms with Gasteiger partial charge in [0, 0.05) is 11.6 Å². The van der Waals surface area contributed by atoms with E-state index < -0.39 is 5.91 Å². The second-order valence-electron chi connectivity index (χ2n) is 5.46. The third-order valence-corrected chi connectivity index (χ3v) is 4.27. The zero-order valence-electron chi connectivity index (χ0n) is 13.6. The number of aromatic hydroxyl groups is 1. The number of phenols is 1. The molecule has 6 nitrogen and oxygen atoms in total. The van der Waals surface area contributed by atoms with Gasteiger partial charge in [-0.1, -0.05) is 12.1 Å². The Labute approximate surface area is 153 Å². The molecule has 3 aromatic rings. The molecule has 0 aliphatic carbocycles. The molecule has 0 fully saturated rings. The second kappa shape index (κ2) is 6.98. The summed E-state index contributed by atoms with van der Waals surface area (Å²) in [7, 11) is 1.59. The van der Waals surface area contributed by atoms with Crippen molar-refractivity contribution in [3.63, 3.8) is 0 Å². The molecule has 3 N–H and O–H groups in total. The molecule has 0 aliphatic rings. The molecule has 2 aromatic carbocycles. The fraction of sp³-hybridized carbons (Fsp3) is 0.111. The number of nitrogens with zero attached hydrogens (tertiary/aromatic N) is 1. The normalized spacial score (nSPS) is 10.5. The number of anilines is 1. The van der Waals surface area contributed by atoms with E-state index in [2.05, 4.69) is 31.4 Å². The molecule has 0 saturated heterocycles. The van der Waals surface area contributed by atoms with Crippen LogP contribution < -0.4 is 10.1 Å². The molecule has 0 unspecified atom stereocenters. The molecular weight excluding hydrogens is 386 g/mol. The van der Waals surface area contributed by atoms with Gasteiger partial charge in [-0.25, -0.2) is 0 Å². The Bertz CT molecular complexity index is 937. The van der Waals surface area contributed by atoms with Crippen LogP contribution in [-0.2, 0) is 0 Å². The summed E-state index contributed by atoms with van der Waals surface area (Å²) in [5.41, 5.74) is 2.57. The van der Waals surface area contributed by atoms with Crippen molar-refractivity contribution in [3.8, 4) is 22.8 Å². The van der Waals surface area contributed by atoms with Crippen molar-refractivity contribution in [2.24, 2.45) is 0 Å². The minimum atomic E-state index is -0.444. The number of amides is 1. The number of hydrogen-bond donors (Lipinski definition) is 3. The van der Waals surface area contributed by atoms with Gasteiger partial charge in [0.25, 0.3) is 5.91 Å². The molecule has 0 aliphatic heterocycles. The Hall–Kier alpha value is -2.80. The molecule has 0 radical (unpaired) electrons. The predicted octanol–water partition coefficient (Wildman–Crippen LogP) is 4.11. The first-order valence-electron chi connectivity index (χ1n) is 7.49. The maximum atomic E-state index is 12.4. The highest BCUT2D eigenvalue weighted by Gasteiger charge is 2.16. The number of carbonyl (C=O) groups excluding carboxylic acids is 1. The number of aryl methyl sites for hydroxylation is 1. The van der Waals surface area contributed by atoms with E-state index in [1.54, 1.807) is 25.3 Å². The van der Waals surface area contributed by atoms with Gasteiger partial charge < -0.3 is 15.2 Å². The number of halogens is 1. The number of para-hydroxylation sites is 1. The topological polar surface area (TPSA) is 87.2 Å². The Kier molecular flexibility index (Phi) is 4.76. The molecule has 1 heterocycles. The van der Waals surface area contributed by atoms with Crippen molar-refractivity contribution in [3.05, 3.63) is 58.1 Å². The molecule has 0 saturated carbocycles. The molecule has 0 spiro atoms. The number of ether oxygens (including phenoxy) is 1. The quantitative estimate of drug-likeness (QED) is 0.613. The SMILES string of the molecule is COc1ccccc1-c1cc(NC(=O)c2cc(C)cc(Br)c2O)n[nH]1. The van der Waals surface area contributed by atoms with Crippen molar-refractivity contribution >= 4 is 27.7 Å². The molecule has 1 amide bonds. The minimum absolute atomic E-state index is 0.108. The lowest BCUT2D eigenvalue weighted by Crippen LogP contribution is -2.12. The van der Waals surface area contributed by atoms with Crippen LogP contribution in [0.3, 0.4) is 0 Å². The van der Waals surface area contributed by atoms with E-state index in [1.165, 1.54) is 0 Å². The molecule has 3 rings (SSSR count). The number of H-pyrrole nitrogens is 1. The summed E-state index contributed by atoms with van der Waals surface area (Å²) in [6.07, 6.45) is 0. The highest BCUT2D eigenvalue weighted by atomic mass is 79.9. The maximum absolute atomic E-state index is 12.4. The van der Waals surface area contributed by atoms with Crippen molar-refractivity contribution in [1.29, 1.82) is 0 Å². The van der Waals surface area contributed by atoms with Crippen molar-refractivity contribution in [2.75, 3.05) is 12.4 Å². The first-order valence-corrected chi connectivity index (χ1v) is 8.28. The van der Waals surface area contributed by atoms with E-state index in [0.717, 1.165) is 11.1 Å². The number of nitrogens with one attached hydrogen (secondary N) is 2. The van der Waals surface area contributed by atoms with Crippen LogP contribution in [-0.4, -0.2) is 28.3 Å². The Balaban J connectivity index is 1.86. The summed E-state index contributed by atoms with van der Waals surface area (Å²) in [5, 5.41) is 19.7. The van der Waals surface area contributed by atoms with E-state index in [9.17, 15) is 9.90 Å². The second-order valence-corrected chi connectivity index (χ2v) is 6.32. The Morgan fingerprint density at radius 2 is 2.04 bits per heavy atom. The van der Waals surface area contributed by atoms with Gasteiger partial charge in [0.05, 0.1) is 22.8 Å². The number of benzene rings is 2. The van der Waals surface area contributed by atoms with Crippen LogP contribution in [0.25, 0.3) is 11.3 Å². The summed E-state index contributed by atoms with van der Waals surface area (Å²) in [5.74, 6) is 0.496. The van der Waals surface area contributed by atoms with Crippen molar-refractivity contribution in [1.82, 2.24) is 10.2 Å². The van der Waals surface area contributed by atoms with Gasteiger partial charge in [-0.2, -0.15) is 5.10 Å². The number of aromatic nitrogens is 2. The van der Waals surface area contributed by atoms with Gasteiger partial charge in [-0.05, 0) is 52.7 Å². The van der Waals surface area contributed by atoms with Crippen LogP contribution in [0.4, 0.5) is 5.82 Å². The van der Waals surface area contributed by atoms with E-state index in [-0.39, 0.29) is 11.3 Å².